The van der Waals surface area contributed by atoms with Crippen molar-refractivity contribution in [3.05, 3.63) is 40.3 Å². The monoisotopic (exact) mass is 233 g/mol. The molecule has 0 fully saturated rings. The summed E-state index contributed by atoms with van der Waals surface area (Å²) >= 11 is 1.31. The molecule has 1 heterocycles. The van der Waals surface area contributed by atoms with Crippen molar-refractivity contribution in [1.29, 1.82) is 0 Å². The first-order valence-corrected chi connectivity index (χ1v) is 5.61. The van der Waals surface area contributed by atoms with Crippen LogP contribution in [0.1, 0.15) is 15.2 Å². The minimum atomic E-state index is -0.147. The van der Waals surface area contributed by atoms with Crippen molar-refractivity contribution < 1.29 is 4.79 Å². The largest absolute Gasteiger partial charge is 0.399 e. The number of hydrogen-bond acceptors (Lipinski definition) is 4. The fraction of sp³-hybridized carbons (Fsp3) is 0.0909. The van der Waals surface area contributed by atoms with Crippen molar-refractivity contribution in [2.75, 3.05) is 11.1 Å². The highest BCUT2D eigenvalue weighted by Crippen LogP contribution is 2.17. The Morgan fingerprint density at radius 3 is 2.94 bits per heavy atom. The van der Waals surface area contributed by atoms with E-state index in [1.807, 2.05) is 13.0 Å². The molecule has 0 saturated carbocycles. The van der Waals surface area contributed by atoms with Gasteiger partial charge in [-0.3, -0.25) is 9.78 Å². The molecule has 1 amide bonds. The van der Waals surface area contributed by atoms with Gasteiger partial charge in [0.1, 0.15) is 4.88 Å². The molecule has 2 rings (SSSR count). The summed E-state index contributed by atoms with van der Waals surface area (Å²) < 4.78 is 0. The molecule has 0 aliphatic carbocycles. The Hall–Kier alpha value is -1.88. The van der Waals surface area contributed by atoms with Gasteiger partial charge in [0.15, 0.2) is 0 Å². The van der Waals surface area contributed by atoms with E-state index in [0.29, 0.717) is 4.88 Å². The molecule has 5 heteroatoms. The Balaban J connectivity index is 2.15. The standard InChI is InChI=1S/C11H11N3OS/c1-7-4-8(2-3-9(7)12)14-11(15)10-5-13-6-16-10/h2-6H,12H2,1H3,(H,14,15). The van der Waals surface area contributed by atoms with Crippen LogP contribution in [0, 0.1) is 6.92 Å². The van der Waals surface area contributed by atoms with Gasteiger partial charge >= 0.3 is 0 Å². The summed E-state index contributed by atoms with van der Waals surface area (Å²) in [6.45, 7) is 1.90. The van der Waals surface area contributed by atoms with Gasteiger partial charge in [-0.05, 0) is 30.7 Å². The molecule has 16 heavy (non-hydrogen) atoms. The van der Waals surface area contributed by atoms with E-state index < -0.39 is 0 Å². The number of aryl methyl sites for hydroxylation is 1. The predicted molar refractivity (Wildman–Crippen MR) is 65.7 cm³/mol. The molecule has 4 nitrogen and oxygen atoms in total. The number of nitrogens with two attached hydrogens (primary N) is 1. The van der Waals surface area contributed by atoms with Crippen molar-refractivity contribution in [3.8, 4) is 0 Å². The molecule has 1 aromatic carbocycles. The molecular formula is C11H11N3OS. The summed E-state index contributed by atoms with van der Waals surface area (Å²) in [5.74, 6) is -0.147. The average Bonchev–Trinajstić information content (AvgIpc) is 2.77. The van der Waals surface area contributed by atoms with Crippen LogP contribution in [-0.2, 0) is 0 Å². The number of thiazole rings is 1. The molecule has 3 N–H and O–H groups in total. The van der Waals surface area contributed by atoms with Crippen LogP contribution in [0.3, 0.4) is 0 Å². The average molecular weight is 233 g/mol. The van der Waals surface area contributed by atoms with Gasteiger partial charge in [0.2, 0.25) is 0 Å². The number of anilines is 2. The second-order valence-electron chi connectivity index (χ2n) is 3.39. The van der Waals surface area contributed by atoms with Crippen molar-refractivity contribution in [2.45, 2.75) is 6.92 Å². The lowest BCUT2D eigenvalue weighted by Crippen LogP contribution is -2.10. The number of carbonyl (C=O) groups is 1. The van der Waals surface area contributed by atoms with Crippen LogP contribution in [-0.4, -0.2) is 10.9 Å². The highest BCUT2D eigenvalue weighted by atomic mass is 32.1. The van der Waals surface area contributed by atoms with Gasteiger partial charge in [-0.25, -0.2) is 0 Å². The molecule has 0 unspecified atom stereocenters. The summed E-state index contributed by atoms with van der Waals surface area (Å²) in [5.41, 5.74) is 9.73. The van der Waals surface area contributed by atoms with Gasteiger partial charge in [-0.15, -0.1) is 11.3 Å². The number of nitrogens with one attached hydrogen (secondary N) is 1. The number of carbonyl (C=O) groups excluding carboxylic acids is 1. The lowest BCUT2D eigenvalue weighted by atomic mass is 10.2. The van der Waals surface area contributed by atoms with E-state index in [2.05, 4.69) is 10.3 Å². The topological polar surface area (TPSA) is 68.0 Å². The molecule has 2 aromatic rings. The van der Waals surface area contributed by atoms with Crippen molar-refractivity contribution >= 4 is 28.6 Å². The number of nitrogen functional groups attached to an aromatic ring is 1. The molecule has 0 radical (unpaired) electrons. The molecule has 0 aliphatic heterocycles. The summed E-state index contributed by atoms with van der Waals surface area (Å²) in [7, 11) is 0. The summed E-state index contributed by atoms with van der Waals surface area (Å²) in [5, 5.41) is 2.79. The zero-order valence-electron chi connectivity index (χ0n) is 8.73. The summed E-state index contributed by atoms with van der Waals surface area (Å²) in [6.07, 6.45) is 1.55. The number of rotatable bonds is 2. The normalized spacial score (nSPS) is 10.1. The minimum Gasteiger partial charge on any atom is -0.399 e. The van der Waals surface area contributed by atoms with Gasteiger partial charge in [0, 0.05) is 11.4 Å². The number of aromatic nitrogens is 1. The summed E-state index contributed by atoms with van der Waals surface area (Å²) in [4.78, 5) is 16.1. The fourth-order valence-electron chi connectivity index (χ4n) is 1.27. The van der Waals surface area contributed by atoms with Crippen LogP contribution in [0.2, 0.25) is 0 Å². The van der Waals surface area contributed by atoms with Crippen molar-refractivity contribution in [2.24, 2.45) is 0 Å². The number of benzene rings is 1. The molecule has 0 aliphatic rings. The Labute approximate surface area is 97.1 Å². The van der Waals surface area contributed by atoms with Crippen LogP contribution in [0.5, 0.6) is 0 Å². The number of amides is 1. The quantitative estimate of drug-likeness (QED) is 0.782. The molecule has 0 spiro atoms. The van der Waals surface area contributed by atoms with E-state index in [1.165, 1.54) is 11.3 Å². The Morgan fingerprint density at radius 2 is 2.31 bits per heavy atom. The Morgan fingerprint density at radius 1 is 1.50 bits per heavy atom. The highest BCUT2D eigenvalue weighted by Gasteiger charge is 2.07. The van der Waals surface area contributed by atoms with Crippen LogP contribution in [0.15, 0.2) is 29.9 Å². The molecule has 0 saturated heterocycles. The van der Waals surface area contributed by atoms with Gasteiger partial charge < -0.3 is 11.1 Å². The zero-order chi connectivity index (χ0) is 11.5. The first-order chi connectivity index (χ1) is 7.66. The highest BCUT2D eigenvalue weighted by molar-refractivity contribution is 7.11. The maximum absolute atomic E-state index is 11.7. The van der Waals surface area contributed by atoms with E-state index >= 15 is 0 Å². The second kappa shape index (κ2) is 4.32. The number of nitrogens with zero attached hydrogens (tertiary/aromatic N) is 1. The fourth-order valence-corrected chi connectivity index (χ4v) is 1.79. The second-order valence-corrected chi connectivity index (χ2v) is 4.28. The molecular weight excluding hydrogens is 222 g/mol. The maximum Gasteiger partial charge on any atom is 0.267 e. The zero-order valence-corrected chi connectivity index (χ0v) is 9.54. The van der Waals surface area contributed by atoms with E-state index in [4.69, 9.17) is 5.73 Å². The van der Waals surface area contributed by atoms with Crippen LogP contribution in [0.25, 0.3) is 0 Å². The third-order valence-electron chi connectivity index (χ3n) is 2.18. The van der Waals surface area contributed by atoms with E-state index in [-0.39, 0.29) is 5.91 Å². The first kappa shape index (κ1) is 10.6. The minimum absolute atomic E-state index is 0.147. The van der Waals surface area contributed by atoms with Crippen LogP contribution < -0.4 is 11.1 Å². The molecule has 0 atom stereocenters. The number of hydrogen-bond donors (Lipinski definition) is 2. The van der Waals surface area contributed by atoms with Gasteiger partial charge in [0.05, 0.1) is 11.7 Å². The van der Waals surface area contributed by atoms with E-state index in [9.17, 15) is 4.79 Å². The first-order valence-electron chi connectivity index (χ1n) is 4.73. The van der Waals surface area contributed by atoms with Crippen LogP contribution >= 0.6 is 11.3 Å². The van der Waals surface area contributed by atoms with Gasteiger partial charge in [-0.1, -0.05) is 0 Å². The van der Waals surface area contributed by atoms with Gasteiger partial charge in [0.25, 0.3) is 5.91 Å². The lowest BCUT2D eigenvalue weighted by Gasteiger charge is -2.05. The Bertz CT molecular complexity index is 508. The smallest absolute Gasteiger partial charge is 0.267 e. The third kappa shape index (κ3) is 2.20. The summed E-state index contributed by atoms with van der Waals surface area (Å²) in [6, 6.07) is 5.40. The molecule has 1 aromatic heterocycles. The molecule has 0 bridgehead atoms. The maximum atomic E-state index is 11.7. The predicted octanol–water partition coefficient (Wildman–Crippen LogP) is 2.29. The lowest BCUT2D eigenvalue weighted by molar-refractivity contribution is 0.103. The Kier molecular flexibility index (Phi) is 2.87. The molecule has 82 valence electrons. The van der Waals surface area contributed by atoms with Crippen LogP contribution in [0.4, 0.5) is 11.4 Å². The van der Waals surface area contributed by atoms with Crippen molar-refractivity contribution in [1.82, 2.24) is 4.98 Å². The van der Waals surface area contributed by atoms with Gasteiger partial charge in [-0.2, -0.15) is 0 Å². The SMILES string of the molecule is Cc1cc(NC(=O)c2cncs2)ccc1N. The van der Waals surface area contributed by atoms with Crippen molar-refractivity contribution in [3.63, 3.8) is 0 Å². The third-order valence-corrected chi connectivity index (χ3v) is 2.96. The van der Waals surface area contributed by atoms with E-state index in [0.717, 1.165) is 16.9 Å². The van der Waals surface area contributed by atoms with E-state index in [1.54, 1.807) is 23.8 Å².